The number of benzene rings is 1. The topological polar surface area (TPSA) is 50.2 Å². The summed E-state index contributed by atoms with van der Waals surface area (Å²) in [5, 5.41) is 4.69. The maximum Gasteiger partial charge on any atom is 0.224 e. The first-order chi connectivity index (χ1) is 16.5. The van der Waals surface area contributed by atoms with Crippen molar-refractivity contribution in [2.45, 2.75) is 70.4 Å². The van der Waals surface area contributed by atoms with E-state index in [-0.39, 0.29) is 24.2 Å². The van der Waals surface area contributed by atoms with Crippen LogP contribution in [0.5, 0.6) is 0 Å². The van der Waals surface area contributed by atoms with Gasteiger partial charge in [-0.05, 0) is 81.8 Å². The Kier molecular flexibility index (Phi) is 8.18. The average Bonchev–Trinajstić information content (AvgIpc) is 3.22. The first-order valence-corrected chi connectivity index (χ1v) is 13.0. The van der Waals surface area contributed by atoms with Crippen molar-refractivity contribution in [3.8, 4) is 0 Å². The molecule has 0 unspecified atom stereocenters. The number of unbranched alkanes of at least 4 members (excludes halogenated alkanes) is 2. The summed E-state index contributed by atoms with van der Waals surface area (Å²) in [6, 6.07) is 11.8. The number of nitrogens with zero attached hydrogens (tertiary/aromatic N) is 3. The smallest absolute Gasteiger partial charge is 0.224 e. The van der Waals surface area contributed by atoms with Gasteiger partial charge in [0.25, 0.3) is 0 Å². The lowest BCUT2D eigenvalue weighted by Gasteiger charge is -2.45. The number of nitrogens with one attached hydrogen (secondary N) is 1. The number of hydrogen-bond donors (Lipinski definition) is 1. The molecule has 1 aliphatic heterocycles. The molecule has 1 saturated heterocycles. The normalized spacial score (nSPS) is 21.5. The van der Waals surface area contributed by atoms with Crippen LogP contribution < -0.4 is 5.32 Å². The lowest BCUT2D eigenvalue weighted by molar-refractivity contribution is -0.127. The van der Waals surface area contributed by atoms with Crippen molar-refractivity contribution in [2.75, 3.05) is 20.1 Å². The summed E-state index contributed by atoms with van der Waals surface area (Å²) >= 11 is 0. The molecule has 5 nitrogen and oxygen atoms in total. The van der Waals surface area contributed by atoms with E-state index in [9.17, 15) is 4.79 Å². The van der Waals surface area contributed by atoms with E-state index in [1.54, 1.807) is 0 Å². The molecular weight excluding hydrogens is 456 g/mol. The van der Waals surface area contributed by atoms with E-state index in [2.05, 4.69) is 71.1 Å². The number of carbonyl (C=O) groups excluding carboxylic acids is 1. The number of carbonyl (C=O) groups is 1. The Hall–Kier alpha value is -2.37. The Bertz CT molecular complexity index is 1140. The summed E-state index contributed by atoms with van der Waals surface area (Å²) in [5.41, 5.74) is 5.56. The molecule has 35 heavy (non-hydrogen) atoms. The van der Waals surface area contributed by atoms with Crippen molar-refractivity contribution in [3.05, 3.63) is 65.6 Å². The van der Waals surface area contributed by atoms with Gasteiger partial charge in [0, 0.05) is 60.6 Å². The van der Waals surface area contributed by atoms with E-state index in [0.29, 0.717) is 18.0 Å². The summed E-state index contributed by atoms with van der Waals surface area (Å²) in [7, 11) is 2.21. The zero-order valence-electron chi connectivity index (χ0n) is 21.2. The highest BCUT2D eigenvalue weighted by Crippen LogP contribution is 2.45. The molecule has 0 spiro atoms. The number of aryl methyl sites for hydroxylation is 1. The summed E-state index contributed by atoms with van der Waals surface area (Å²) in [6.45, 7) is 6.14. The van der Waals surface area contributed by atoms with Crippen LogP contribution in [-0.2, 0) is 17.6 Å². The van der Waals surface area contributed by atoms with Gasteiger partial charge in [0.1, 0.15) is 0 Å². The van der Waals surface area contributed by atoms with Crippen molar-refractivity contribution in [2.24, 2.45) is 5.92 Å². The molecule has 1 fully saturated rings. The van der Waals surface area contributed by atoms with Crippen molar-refractivity contribution in [3.63, 3.8) is 0 Å². The molecule has 2 aliphatic rings. The van der Waals surface area contributed by atoms with E-state index >= 15 is 0 Å². The van der Waals surface area contributed by atoms with Crippen molar-refractivity contribution < 1.29 is 4.79 Å². The molecule has 0 radical (unpaired) electrons. The number of rotatable bonds is 8. The van der Waals surface area contributed by atoms with Gasteiger partial charge in [-0.25, -0.2) is 0 Å². The van der Waals surface area contributed by atoms with Crippen LogP contribution in [0.2, 0.25) is 0 Å². The van der Waals surface area contributed by atoms with Crippen LogP contribution in [0.3, 0.4) is 0 Å². The molecule has 6 heteroatoms. The third-order valence-corrected chi connectivity index (χ3v) is 7.97. The molecule has 3 aromatic rings. The van der Waals surface area contributed by atoms with Crippen LogP contribution in [0, 0.1) is 5.92 Å². The van der Waals surface area contributed by atoms with Crippen LogP contribution in [0.4, 0.5) is 0 Å². The van der Waals surface area contributed by atoms with Crippen LogP contribution in [-0.4, -0.2) is 46.5 Å². The Labute approximate surface area is 215 Å². The predicted molar refractivity (Wildman–Crippen MR) is 145 cm³/mol. The molecular formula is C29H39ClN4O. The number of hydrogen-bond acceptors (Lipinski definition) is 3. The van der Waals surface area contributed by atoms with Crippen LogP contribution in [0.1, 0.15) is 68.2 Å². The lowest BCUT2D eigenvalue weighted by Crippen LogP contribution is -2.51. The molecule has 1 aliphatic carbocycles. The van der Waals surface area contributed by atoms with Gasteiger partial charge in [0.15, 0.2) is 0 Å². The largest absolute Gasteiger partial charge is 0.356 e. The Morgan fingerprint density at radius 1 is 1.17 bits per heavy atom. The van der Waals surface area contributed by atoms with Crippen molar-refractivity contribution in [1.29, 1.82) is 0 Å². The number of amides is 1. The first-order valence-electron chi connectivity index (χ1n) is 13.0. The second-order valence-corrected chi connectivity index (χ2v) is 10.6. The molecule has 2 aromatic heterocycles. The first kappa shape index (κ1) is 25.7. The maximum absolute atomic E-state index is 13.1. The minimum atomic E-state index is 0. The second-order valence-electron chi connectivity index (χ2n) is 10.6. The van der Waals surface area contributed by atoms with E-state index in [1.807, 2.05) is 18.5 Å². The molecule has 1 amide bonds. The fourth-order valence-electron chi connectivity index (χ4n) is 6.22. The van der Waals surface area contributed by atoms with Crippen molar-refractivity contribution >= 4 is 29.2 Å². The third kappa shape index (κ3) is 5.26. The van der Waals surface area contributed by atoms with E-state index in [0.717, 1.165) is 51.6 Å². The zero-order valence-corrected chi connectivity index (χ0v) is 22.1. The van der Waals surface area contributed by atoms with Gasteiger partial charge < -0.3 is 14.8 Å². The van der Waals surface area contributed by atoms with Gasteiger partial charge in [-0.15, -0.1) is 12.4 Å². The van der Waals surface area contributed by atoms with Crippen LogP contribution in [0.15, 0.2) is 48.9 Å². The summed E-state index contributed by atoms with van der Waals surface area (Å²) in [5.74, 6) is 0.717. The zero-order chi connectivity index (χ0) is 23.7. The quantitative estimate of drug-likeness (QED) is 0.419. The Morgan fingerprint density at radius 3 is 2.80 bits per heavy atom. The molecule has 188 valence electrons. The van der Waals surface area contributed by atoms with Gasteiger partial charge in [0.05, 0.1) is 5.92 Å². The maximum atomic E-state index is 13.1. The molecule has 5 rings (SSSR count). The van der Waals surface area contributed by atoms with Crippen molar-refractivity contribution in [1.82, 2.24) is 19.8 Å². The molecule has 3 heterocycles. The van der Waals surface area contributed by atoms with Gasteiger partial charge >= 0.3 is 0 Å². The highest BCUT2D eigenvalue weighted by molar-refractivity contribution is 5.89. The molecule has 3 atom stereocenters. The number of fused-ring (bicyclic) bond motifs is 2. The number of likely N-dealkylation sites (tertiary alicyclic amines) is 1. The fourth-order valence-corrected chi connectivity index (χ4v) is 6.22. The summed E-state index contributed by atoms with van der Waals surface area (Å²) < 4.78 is 2.42. The number of halogens is 1. The van der Waals surface area contributed by atoms with Crippen LogP contribution >= 0.6 is 12.4 Å². The number of likely N-dealkylation sites (N-methyl/N-ethyl adjacent to an activating group) is 1. The van der Waals surface area contributed by atoms with Gasteiger partial charge in [0.2, 0.25) is 5.91 Å². The standard InChI is InChI=1S/C29H38N4O.ClH/c1-20(2)33-19-22-16-27-25(24-11-7-12-26(33)28(22)24)15-23(18-32(27)3)29(34)31-14-6-4-5-9-21-10-8-13-30-17-21;/h7-8,10-13,17,19-20,23,25,27H,4-6,9,14-16,18H2,1-3H3,(H,31,34);1H/t23-,25-,27-;/m1./s1. The number of pyridine rings is 1. The number of piperidine rings is 1. The van der Waals surface area contributed by atoms with E-state index in [1.165, 1.54) is 27.6 Å². The third-order valence-electron chi connectivity index (χ3n) is 7.97. The molecule has 1 aromatic carbocycles. The second kappa shape index (κ2) is 11.1. The van der Waals surface area contributed by atoms with Gasteiger partial charge in [-0.1, -0.05) is 24.6 Å². The van der Waals surface area contributed by atoms with Gasteiger partial charge in [-0.3, -0.25) is 9.78 Å². The Balaban J connectivity index is 0.00000289. The monoisotopic (exact) mass is 494 g/mol. The minimum Gasteiger partial charge on any atom is -0.356 e. The minimum absolute atomic E-state index is 0. The number of aromatic nitrogens is 2. The lowest BCUT2D eigenvalue weighted by atomic mass is 9.72. The summed E-state index contributed by atoms with van der Waals surface area (Å²) in [4.78, 5) is 19.7. The Morgan fingerprint density at radius 2 is 2.03 bits per heavy atom. The highest BCUT2D eigenvalue weighted by atomic mass is 35.5. The highest BCUT2D eigenvalue weighted by Gasteiger charge is 2.41. The van der Waals surface area contributed by atoms with Crippen LogP contribution in [0.25, 0.3) is 10.9 Å². The van der Waals surface area contributed by atoms with E-state index < -0.39 is 0 Å². The SMILES string of the molecule is CC(C)n1cc2c3c(cccc31)[C@H]1C[C@@H](C(=O)NCCCCCc3cccnc3)CN(C)[C@@H]1C2.Cl. The molecule has 0 saturated carbocycles. The average molecular weight is 495 g/mol. The molecule has 0 bridgehead atoms. The van der Waals surface area contributed by atoms with E-state index in [4.69, 9.17) is 0 Å². The fraction of sp³-hybridized carbons (Fsp3) is 0.517. The van der Waals surface area contributed by atoms with Gasteiger partial charge in [-0.2, -0.15) is 0 Å². The predicted octanol–water partition coefficient (Wildman–Crippen LogP) is 5.53. The molecule has 1 N–H and O–H groups in total. The summed E-state index contributed by atoms with van der Waals surface area (Å²) in [6.07, 6.45) is 12.5.